The van der Waals surface area contributed by atoms with Crippen molar-refractivity contribution in [1.82, 2.24) is 10.6 Å². The van der Waals surface area contributed by atoms with Crippen molar-refractivity contribution in [2.24, 2.45) is 0 Å². The maximum atomic E-state index is 11.6. The van der Waals surface area contributed by atoms with Crippen LogP contribution in [0.3, 0.4) is 0 Å². The van der Waals surface area contributed by atoms with Gasteiger partial charge in [-0.1, -0.05) is 12.1 Å². The zero-order valence-corrected chi connectivity index (χ0v) is 16.2. The Bertz CT molecular complexity index is 660. The lowest BCUT2D eigenvalue weighted by molar-refractivity contribution is -0.0556. The SMILES string of the molecule is COC1NCC(OCC2CCCS2)NC1c1ccc(S(C)(=O)=O)cc1. The van der Waals surface area contributed by atoms with Crippen LogP contribution in [0.4, 0.5) is 0 Å². The quantitative estimate of drug-likeness (QED) is 0.768. The van der Waals surface area contributed by atoms with Crippen molar-refractivity contribution in [1.29, 1.82) is 0 Å². The van der Waals surface area contributed by atoms with Gasteiger partial charge in [0.15, 0.2) is 9.84 Å². The van der Waals surface area contributed by atoms with Gasteiger partial charge >= 0.3 is 0 Å². The molecule has 4 unspecified atom stereocenters. The fourth-order valence-electron chi connectivity index (χ4n) is 3.21. The first kappa shape index (κ1) is 19.1. The van der Waals surface area contributed by atoms with Crippen LogP contribution in [-0.4, -0.2) is 58.4 Å². The van der Waals surface area contributed by atoms with E-state index in [1.165, 1.54) is 24.9 Å². The summed E-state index contributed by atoms with van der Waals surface area (Å²) >= 11 is 1.98. The van der Waals surface area contributed by atoms with Crippen molar-refractivity contribution in [3.63, 3.8) is 0 Å². The number of ether oxygens (including phenoxy) is 2. The number of hydrogen-bond donors (Lipinski definition) is 2. The number of piperazine rings is 1. The molecule has 6 nitrogen and oxygen atoms in total. The van der Waals surface area contributed by atoms with Crippen LogP contribution in [0.25, 0.3) is 0 Å². The number of benzene rings is 1. The van der Waals surface area contributed by atoms with E-state index >= 15 is 0 Å². The Labute approximate surface area is 154 Å². The number of thioether (sulfide) groups is 1. The van der Waals surface area contributed by atoms with E-state index in [4.69, 9.17) is 9.47 Å². The first-order chi connectivity index (χ1) is 12.0. The second kappa shape index (κ2) is 8.37. The molecule has 0 saturated carbocycles. The summed E-state index contributed by atoms with van der Waals surface area (Å²) in [5.74, 6) is 1.23. The highest BCUT2D eigenvalue weighted by atomic mass is 32.2. The molecule has 8 heteroatoms. The van der Waals surface area contributed by atoms with Crippen molar-refractivity contribution in [2.45, 2.75) is 41.5 Å². The molecule has 3 rings (SSSR count). The molecule has 0 radical (unpaired) electrons. The molecular weight excluding hydrogens is 360 g/mol. The lowest BCUT2D eigenvalue weighted by Crippen LogP contribution is -2.57. The van der Waals surface area contributed by atoms with E-state index in [1.807, 2.05) is 23.9 Å². The number of methoxy groups -OCH3 is 1. The molecule has 0 bridgehead atoms. The Morgan fingerprint density at radius 2 is 2.04 bits per heavy atom. The largest absolute Gasteiger partial charge is 0.365 e. The molecule has 25 heavy (non-hydrogen) atoms. The van der Waals surface area contributed by atoms with E-state index in [9.17, 15) is 8.42 Å². The van der Waals surface area contributed by atoms with Crippen LogP contribution in [0.5, 0.6) is 0 Å². The lowest BCUT2D eigenvalue weighted by atomic mass is 10.0. The monoisotopic (exact) mass is 386 g/mol. The van der Waals surface area contributed by atoms with E-state index in [0.717, 1.165) is 12.2 Å². The molecule has 0 aromatic heterocycles. The molecule has 2 N–H and O–H groups in total. The van der Waals surface area contributed by atoms with Crippen LogP contribution in [0, 0.1) is 0 Å². The molecule has 140 valence electrons. The van der Waals surface area contributed by atoms with Gasteiger partial charge in [0.1, 0.15) is 12.5 Å². The number of rotatable bonds is 6. The number of sulfone groups is 1. The Kier molecular flexibility index (Phi) is 6.40. The summed E-state index contributed by atoms with van der Waals surface area (Å²) < 4.78 is 34.8. The molecule has 0 aliphatic carbocycles. The predicted molar refractivity (Wildman–Crippen MR) is 99.4 cm³/mol. The van der Waals surface area contributed by atoms with Crippen molar-refractivity contribution < 1.29 is 17.9 Å². The Balaban J connectivity index is 1.66. The normalized spacial score (nSPS) is 30.5. The van der Waals surface area contributed by atoms with Crippen molar-refractivity contribution >= 4 is 21.6 Å². The second-order valence-electron chi connectivity index (χ2n) is 6.51. The van der Waals surface area contributed by atoms with Gasteiger partial charge in [-0.25, -0.2) is 8.42 Å². The highest BCUT2D eigenvalue weighted by Gasteiger charge is 2.32. The van der Waals surface area contributed by atoms with Crippen LogP contribution in [0.1, 0.15) is 24.4 Å². The maximum Gasteiger partial charge on any atom is 0.175 e. The minimum absolute atomic E-state index is 0.0906. The number of hydrogen-bond acceptors (Lipinski definition) is 7. The fraction of sp³-hybridized carbons (Fsp3) is 0.647. The summed E-state index contributed by atoms with van der Waals surface area (Å²) in [7, 11) is -1.53. The second-order valence-corrected chi connectivity index (χ2v) is 9.93. The van der Waals surface area contributed by atoms with Crippen molar-refractivity contribution in [3.05, 3.63) is 29.8 Å². The molecule has 2 saturated heterocycles. The van der Waals surface area contributed by atoms with Crippen LogP contribution in [0.15, 0.2) is 29.2 Å². The van der Waals surface area contributed by atoms with Gasteiger partial charge < -0.3 is 9.47 Å². The molecule has 1 aromatic rings. The van der Waals surface area contributed by atoms with Crippen LogP contribution in [-0.2, 0) is 19.3 Å². The third kappa shape index (κ3) is 4.96. The zero-order chi connectivity index (χ0) is 17.9. The van der Waals surface area contributed by atoms with Gasteiger partial charge in [0.25, 0.3) is 0 Å². The van der Waals surface area contributed by atoms with E-state index in [1.54, 1.807) is 19.2 Å². The van der Waals surface area contributed by atoms with Gasteiger partial charge in [-0.3, -0.25) is 10.6 Å². The standard InChI is InChI=1S/C17H26N2O4S2/c1-22-17-16(12-5-7-14(8-6-12)25(2,20)21)19-15(10-18-17)23-11-13-4-3-9-24-13/h5-8,13,15-19H,3-4,9-11H2,1-2H3. The van der Waals surface area contributed by atoms with E-state index in [0.29, 0.717) is 16.7 Å². The molecule has 0 amide bonds. The summed E-state index contributed by atoms with van der Waals surface area (Å²) in [6.07, 6.45) is 3.43. The summed E-state index contributed by atoms with van der Waals surface area (Å²) in [4.78, 5) is 0.319. The third-order valence-electron chi connectivity index (χ3n) is 4.60. The summed E-state index contributed by atoms with van der Waals surface area (Å²) in [5, 5.41) is 7.43. The summed E-state index contributed by atoms with van der Waals surface area (Å²) in [6, 6.07) is 6.83. The molecule has 4 atom stereocenters. The molecule has 1 aromatic carbocycles. The predicted octanol–water partition coefficient (Wildman–Crippen LogP) is 1.53. The van der Waals surface area contributed by atoms with Gasteiger partial charge in [-0.15, -0.1) is 0 Å². The molecular formula is C17H26N2O4S2. The highest BCUT2D eigenvalue weighted by Crippen LogP contribution is 2.27. The van der Waals surface area contributed by atoms with Crippen molar-refractivity contribution in [3.8, 4) is 0 Å². The van der Waals surface area contributed by atoms with E-state index in [2.05, 4.69) is 10.6 Å². The Hall–Kier alpha value is -0.640. The van der Waals surface area contributed by atoms with Crippen LogP contribution < -0.4 is 10.6 Å². The Morgan fingerprint density at radius 3 is 2.64 bits per heavy atom. The smallest absolute Gasteiger partial charge is 0.175 e. The zero-order valence-electron chi connectivity index (χ0n) is 14.6. The van der Waals surface area contributed by atoms with Gasteiger partial charge in [0, 0.05) is 25.2 Å². The highest BCUT2D eigenvalue weighted by molar-refractivity contribution is 8.00. The average Bonchev–Trinajstić information content (AvgIpc) is 3.12. The first-order valence-corrected chi connectivity index (χ1v) is 11.5. The topological polar surface area (TPSA) is 76.7 Å². The van der Waals surface area contributed by atoms with Gasteiger partial charge in [-0.2, -0.15) is 11.8 Å². The Morgan fingerprint density at radius 1 is 1.28 bits per heavy atom. The van der Waals surface area contributed by atoms with Crippen molar-refractivity contribution in [2.75, 3.05) is 32.3 Å². The van der Waals surface area contributed by atoms with Gasteiger partial charge in [0.05, 0.1) is 17.5 Å². The fourth-order valence-corrected chi connectivity index (χ4v) is 5.01. The summed E-state index contributed by atoms with van der Waals surface area (Å²) in [6.45, 7) is 1.43. The molecule has 2 fully saturated rings. The molecule has 2 heterocycles. The van der Waals surface area contributed by atoms with Crippen LogP contribution in [0.2, 0.25) is 0 Å². The van der Waals surface area contributed by atoms with E-state index in [-0.39, 0.29) is 18.5 Å². The summed E-state index contributed by atoms with van der Waals surface area (Å²) in [5.41, 5.74) is 0.968. The maximum absolute atomic E-state index is 11.6. The van der Waals surface area contributed by atoms with Gasteiger partial charge in [0.2, 0.25) is 0 Å². The number of nitrogens with one attached hydrogen (secondary N) is 2. The van der Waals surface area contributed by atoms with Crippen LogP contribution >= 0.6 is 11.8 Å². The first-order valence-electron chi connectivity index (χ1n) is 8.53. The lowest BCUT2D eigenvalue weighted by Gasteiger charge is -2.38. The molecule has 2 aliphatic heterocycles. The minimum atomic E-state index is -3.19. The third-order valence-corrected chi connectivity index (χ3v) is 7.10. The molecule has 2 aliphatic rings. The average molecular weight is 387 g/mol. The minimum Gasteiger partial charge on any atom is -0.365 e. The van der Waals surface area contributed by atoms with E-state index < -0.39 is 9.84 Å². The molecule has 0 spiro atoms. The van der Waals surface area contributed by atoms with Gasteiger partial charge in [-0.05, 0) is 36.3 Å².